The van der Waals surface area contributed by atoms with Crippen molar-refractivity contribution in [3.05, 3.63) is 84.8 Å². The van der Waals surface area contributed by atoms with Crippen LogP contribution >= 0.6 is 0 Å². The van der Waals surface area contributed by atoms with Gasteiger partial charge in [-0.25, -0.2) is 14.1 Å². The summed E-state index contributed by atoms with van der Waals surface area (Å²) in [5.41, 5.74) is 2.81. The number of anilines is 1. The third-order valence-electron chi connectivity index (χ3n) is 6.22. The Morgan fingerprint density at radius 3 is 2.61 bits per heavy atom. The van der Waals surface area contributed by atoms with E-state index in [2.05, 4.69) is 4.98 Å². The topological polar surface area (TPSA) is 65.3 Å². The summed E-state index contributed by atoms with van der Waals surface area (Å²) in [7, 11) is 3.75. The van der Waals surface area contributed by atoms with Gasteiger partial charge in [-0.1, -0.05) is 30.3 Å². The smallest absolute Gasteiger partial charge is 0.184 e. The largest absolute Gasteiger partial charge is 0.486 e. The molecule has 0 saturated carbocycles. The van der Waals surface area contributed by atoms with Gasteiger partial charge in [-0.2, -0.15) is 5.10 Å². The van der Waals surface area contributed by atoms with Crippen molar-refractivity contribution < 1.29 is 13.9 Å². The minimum absolute atomic E-state index is 0.290. The standard InChI is InChI=1S/C28H24FN5O2/c1-33(2)18-11-12-22(23(29)15-18)27-31-28(21-13-14-30-24-8-4-3-7-20(21)24)34(32-27)16-19-17-35-25-9-5-6-10-26(25)36-19/h3-15,19H,16-17H2,1-2H3. The predicted octanol–water partition coefficient (Wildman–Crippen LogP) is 5.21. The zero-order valence-corrected chi connectivity index (χ0v) is 19.9. The fourth-order valence-corrected chi connectivity index (χ4v) is 4.38. The summed E-state index contributed by atoms with van der Waals surface area (Å²) in [6.45, 7) is 0.749. The number of benzene rings is 3. The van der Waals surface area contributed by atoms with E-state index in [0.29, 0.717) is 36.1 Å². The van der Waals surface area contributed by atoms with Crippen LogP contribution in [0.25, 0.3) is 33.7 Å². The number of nitrogens with zero attached hydrogens (tertiary/aromatic N) is 5. The van der Waals surface area contributed by atoms with E-state index in [1.54, 1.807) is 16.9 Å². The maximum Gasteiger partial charge on any atom is 0.184 e. The fraction of sp³-hybridized carbons (Fsp3) is 0.179. The number of hydrogen-bond acceptors (Lipinski definition) is 6. The van der Waals surface area contributed by atoms with E-state index in [1.807, 2.05) is 79.7 Å². The van der Waals surface area contributed by atoms with Crippen LogP contribution in [-0.2, 0) is 6.54 Å². The van der Waals surface area contributed by atoms with Crippen molar-refractivity contribution in [3.8, 4) is 34.3 Å². The maximum atomic E-state index is 15.1. The molecule has 180 valence electrons. The molecule has 3 aromatic carbocycles. The minimum Gasteiger partial charge on any atom is -0.486 e. The molecule has 0 amide bonds. The highest BCUT2D eigenvalue weighted by atomic mass is 19.1. The van der Waals surface area contributed by atoms with Gasteiger partial charge in [-0.15, -0.1) is 0 Å². The Kier molecular flexibility index (Phi) is 5.48. The van der Waals surface area contributed by atoms with Crippen molar-refractivity contribution >= 4 is 16.6 Å². The van der Waals surface area contributed by atoms with Crippen LogP contribution in [0.1, 0.15) is 0 Å². The van der Waals surface area contributed by atoms with Crippen LogP contribution in [0, 0.1) is 5.82 Å². The Balaban J connectivity index is 1.44. The summed E-state index contributed by atoms with van der Waals surface area (Å²) < 4.78 is 29.0. The van der Waals surface area contributed by atoms with Crippen molar-refractivity contribution in [2.75, 3.05) is 25.6 Å². The van der Waals surface area contributed by atoms with Gasteiger partial charge in [0.25, 0.3) is 0 Å². The molecule has 0 radical (unpaired) electrons. The van der Waals surface area contributed by atoms with E-state index >= 15 is 4.39 Å². The highest BCUT2D eigenvalue weighted by Gasteiger charge is 2.25. The molecule has 0 bridgehead atoms. The molecule has 7 nitrogen and oxygen atoms in total. The third-order valence-corrected chi connectivity index (χ3v) is 6.22. The van der Waals surface area contributed by atoms with E-state index in [4.69, 9.17) is 19.6 Å². The van der Waals surface area contributed by atoms with Crippen LogP contribution < -0.4 is 14.4 Å². The van der Waals surface area contributed by atoms with Crippen LogP contribution in [0.5, 0.6) is 11.5 Å². The predicted molar refractivity (Wildman–Crippen MR) is 137 cm³/mol. The lowest BCUT2D eigenvalue weighted by Crippen LogP contribution is -2.33. The van der Waals surface area contributed by atoms with Gasteiger partial charge < -0.3 is 14.4 Å². The molecule has 6 rings (SSSR count). The van der Waals surface area contributed by atoms with Gasteiger partial charge in [0.1, 0.15) is 12.4 Å². The maximum absolute atomic E-state index is 15.1. The number of fused-ring (bicyclic) bond motifs is 2. The molecule has 1 atom stereocenters. The molecule has 0 spiro atoms. The molecule has 0 N–H and O–H groups in total. The van der Waals surface area contributed by atoms with Gasteiger partial charge in [0.2, 0.25) is 0 Å². The first-order valence-corrected chi connectivity index (χ1v) is 11.7. The summed E-state index contributed by atoms with van der Waals surface area (Å²) in [5.74, 6) is 1.95. The van der Waals surface area contributed by atoms with E-state index in [9.17, 15) is 0 Å². The van der Waals surface area contributed by atoms with Crippen molar-refractivity contribution in [2.45, 2.75) is 12.6 Å². The summed E-state index contributed by atoms with van der Waals surface area (Å²) in [4.78, 5) is 11.1. The molecule has 0 fully saturated rings. The number of ether oxygens (including phenoxy) is 2. The average molecular weight is 482 g/mol. The second-order valence-electron chi connectivity index (χ2n) is 8.87. The molecule has 1 unspecified atom stereocenters. The van der Waals surface area contributed by atoms with E-state index in [-0.39, 0.29) is 11.9 Å². The molecular formula is C28H24FN5O2. The SMILES string of the molecule is CN(C)c1ccc(-c2nc(-c3ccnc4ccccc34)n(CC3COc4ccccc4O3)n2)c(F)c1. The van der Waals surface area contributed by atoms with Crippen molar-refractivity contribution in [3.63, 3.8) is 0 Å². The summed E-state index contributed by atoms with van der Waals surface area (Å²) in [6.07, 6.45) is 1.46. The molecular weight excluding hydrogens is 457 g/mol. The number of aromatic nitrogens is 4. The van der Waals surface area contributed by atoms with Gasteiger partial charge in [-0.05, 0) is 42.5 Å². The molecule has 2 aromatic heterocycles. The van der Waals surface area contributed by atoms with Gasteiger partial charge in [0.15, 0.2) is 29.3 Å². The lowest BCUT2D eigenvalue weighted by atomic mass is 10.1. The normalized spacial score (nSPS) is 14.7. The number of para-hydroxylation sites is 3. The molecule has 3 heterocycles. The molecule has 8 heteroatoms. The quantitative estimate of drug-likeness (QED) is 0.344. The Morgan fingerprint density at radius 2 is 1.78 bits per heavy atom. The minimum atomic E-state index is -0.379. The third kappa shape index (κ3) is 4.00. The van der Waals surface area contributed by atoms with Crippen molar-refractivity contribution in [1.29, 1.82) is 0 Å². The Bertz CT molecular complexity index is 1560. The molecule has 36 heavy (non-hydrogen) atoms. The van der Waals surface area contributed by atoms with Crippen LogP contribution in [0.4, 0.5) is 10.1 Å². The Labute approximate surface area is 207 Å². The molecule has 1 aliphatic heterocycles. The summed E-state index contributed by atoms with van der Waals surface area (Å²) in [5, 5.41) is 5.68. The number of pyridine rings is 1. The number of hydrogen-bond donors (Lipinski definition) is 0. The Morgan fingerprint density at radius 1 is 0.972 bits per heavy atom. The highest BCUT2D eigenvalue weighted by molar-refractivity contribution is 5.92. The second-order valence-corrected chi connectivity index (χ2v) is 8.87. The van der Waals surface area contributed by atoms with E-state index in [1.165, 1.54) is 6.07 Å². The first-order chi connectivity index (χ1) is 17.6. The molecule has 1 aliphatic rings. The van der Waals surface area contributed by atoms with Crippen LogP contribution in [0.15, 0.2) is 79.0 Å². The lowest BCUT2D eigenvalue weighted by molar-refractivity contribution is 0.0763. The van der Waals surface area contributed by atoms with E-state index < -0.39 is 0 Å². The Hall–Kier alpha value is -4.46. The first-order valence-electron chi connectivity index (χ1n) is 11.7. The average Bonchev–Trinajstić information content (AvgIpc) is 3.31. The van der Waals surface area contributed by atoms with Gasteiger partial charge >= 0.3 is 0 Å². The highest BCUT2D eigenvalue weighted by Crippen LogP contribution is 2.33. The number of rotatable bonds is 5. The molecule has 0 aliphatic carbocycles. The van der Waals surface area contributed by atoms with Crippen LogP contribution in [0.3, 0.4) is 0 Å². The lowest BCUT2D eigenvalue weighted by Gasteiger charge is -2.26. The van der Waals surface area contributed by atoms with E-state index in [0.717, 1.165) is 27.9 Å². The zero-order valence-electron chi connectivity index (χ0n) is 19.9. The van der Waals surface area contributed by atoms with Gasteiger partial charge in [-0.3, -0.25) is 4.98 Å². The first kappa shape index (κ1) is 22.0. The van der Waals surface area contributed by atoms with Crippen LogP contribution in [-0.4, -0.2) is 46.6 Å². The van der Waals surface area contributed by atoms with Crippen molar-refractivity contribution in [1.82, 2.24) is 19.7 Å². The summed E-state index contributed by atoms with van der Waals surface area (Å²) >= 11 is 0. The molecule has 0 saturated heterocycles. The van der Waals surface area contributed by atoms with Gasteiger partial charge in [0.05, 0.1) is 17.6 Å². The summed E-state index contributed by atoms with van der Waals surface area (Å²) in [6, 6.07) is 22.4. The zero-order chi connectivity index (χ0) is 24.6. The van der Waals surface area contributed by atoms with Gasteiger partial charge in [0, 0.05) is 36.9 Å². The second kappa shape index (κ2) is 8.96. The number of halogens is 1. The monoisotopic (exact) mass is 481 g/mol. The fourth-order valence-electron chi connectivity index (χ4n) is 4.38. The molecule has 5 aromatic rings. The van der Waals surface area contributed by atoms with Crippen molar-refractivity contribution in [2.24, 2.45) is 0 Å². The van der Waals surface area contributed by atoms with Crippen LogP contribution in [0.2, 0.25) is 0 Å².